The smallest absolute Gasteiger partial charge is 0.246 e. The van der Waals surface area contributed by atoms with Gasteiger partial charge in [-0.05, 0) is 35.9 Å². The van der Waals surface area contributed by atoms with Crippen molar-refractivity contribution in [2.45, 2.75) is 104 Å². The van der Waals surface area contributed by atoms with Crippen molar-refractivity contribution >= 4 is 46.4 Å². The minimum Gasteiger partial charge on any atom is -0.391 e. The van der Waals surface area contributed by atoms with Crippen molar-refractivity contribution in [3.63, 3.8) is 0 Å². The number of amides is 3. The van der Waals surface area contributed by atoms with Gasteiger partial charge in [0.2, 0.25) is 17.7 Å². The van der Waals surface area contributed by atoms with Crippen molar-refractivity contribution in [3.8, 4) is 10.4 Å². The summed E-state index contributed by atoms with van der Waals surface area (Å²) in [6.07, 6.45) is -1.82. The number of carbonyl (C=O) groups excluding carboxylic acids is 6. The molecule has 2 heterocycles. The van der Waals surface area contributed by atoms with E-state index in [1.807, 2.05) is 38.1 Å². The van der Waals surface area contributed by atoms with Crippen molar-refractivity contribution in [2.24, 2.45) is 10.5 Å². The van der Waals surface area contributed by atoms with Gasteiger partial charge in [0, 0.05) is 56.5 Å². The van der Waals surface area contributed by atoms with Gasteiger partial charge in [-0.1, -0.05) is 50.2 Å². The third-order valence-corrected chi connectivity index (χ3v) is 9.31. The van der Waals surface area contributed by atoms with Crippen molar-refractivity contribution in [1.29, 1.82) is 0 Å². The molecule has 3 rings (SSSR count). The molecule has 0 radical (unpaired) electrons. The summed E-state index contributed by atoms with van der Waals surface area (Å²) in [5, 5.41) is 19.4. The zero-order chi connectivity index (χ0) is 36.3. The van der Waals surface area contributed by atoms with Crippen molar-refractivity contribution in [3.05, 3.63) is 51.5 Å². The summed E-state index contributed by atoms with van der Waals surface area (Å²) in [5.41, 5.74) is 12.1. The Labute approximate surface area is 289 Å². The molecule has 3 N–H and O–H groups in total. The maximum absolute atomic E-state index is 13.9. The standard InChI is InChI=1S/C34H45N7O7S/c1-20(22-6-8-23(9-7-22)30-21(2)36-19-49-30)38-32(47)28-16-27(45)18-41(28)33(48)31(34(3,4)5)39-29(46)17-26(44)13-12-24(42)10-11-25(43)14-15-37-40-35/h6-9,19-20,27-28,31,45H,10-18H2,1-5H3,(H,38,47)(H,39,46)/t20-,27+,28-,31+/m0/s1. The first-order valence-corrected chi connectivity index (χ1v) is 17.1. The van der Waals surface area contributed by atoms with Crippen LogP contribution in [0, 0.1) is 12.3 Å². The fourth-order valence-corrected chi connectivity index (χ4v) is 6.33. The zero-order valence-corrected chi connectivity index (χ0v) is 29.4. The van der Waals surface area contributed by atoms with Crippen LogP contribution in [0.3, 0.4) is 0 Å². The molecule has 0 unspecified atom stereocenters. The number of aromatic nitrogens is 1. The summed E-state index contributed by atoms with van der Waals surface area (Å²) < 4.78 is 0. The molecule has 14 nitrogen and oxygen atoms in total. The van der Waals surface area contributed by atoms with E-state index in [-0.39, 0.29) is 69.2 Å². The molecule has 0 aliphatic carbocycles. The van der Waals surface area contributed by atoms with Crippen molar-refractivity contribution in [2.75, 3.05) is 13.1 Å². The molecule has 2 aromatic rings. The van der Waals surface area contributed by atoms with Crippen LogP contribution in [0.2, 0.25) is 0 Å². The van der Waals surface area contributed by atoms with Gasteiger partial charge < -0.3 is 20.6 Å². The Morgan fingerprint density at radius 3 is 2.20 bits per heavy atom. The Kier molecular flexibility index (Phi) is 14.2. The van der Waals surface area contributed by atoms with E-state index in [0.29, 0.717) is 0 Å². The van der Waals surface area contributed by atoms with Crippen LogP contribution >= 0.6 is 11.3 Å². The number of carbonyl (C=O) groups is 6. The van der Waals surface area contributed by atoms with Gasteiger partial charge in [-0.2, -0.15) is 0 Å². The van der Waals surface area contributed by atoms with E-state index in [1.165, 1.54) is 4.90 Å². The third-order valence-electron chi connectivity index (χ3n) is 8.34. The Morgan fingerprint density at radius 1 is 1.02 bits per heavy atom. The molecule has 0 saturated carbocycles. The molecule has 49 heavy (non-hydrogen) atoms. The minimum atomic E-state index is -1.11. The highest BCUT2D eigenvalue weighted by molar-refractivity contribution is 7.13. The Morgan fingerprint density at radius 2 is 1.63 bits per heavy atom. The van der Waals surface area contributed by atoms with E-state index in [2.05, 4.69) is 25.6 Å². The number of nitrogens with one attached hydrogen (secondary N) is 2. The minimum absolute atomic E-state index is 0.0185. The van der Waals surface area contributed by atoms with Gasteiger partial charge in [-0.25, -0.2) is 4.98 Å². The van der Waals surface area contributed by atoms with Gasteiger partial charge >= 0.3 is 0 Å². The number of aryl methyl sites for hydroxylation is 1. The molecular weight excluding hydrogens is 650 g/mol. The monoisotopic (exact) mass is 695 g/mol. The van der Waals surface area contributed by atoms with Crippen LogP contribution in [0.4, 0.5) is 0 Å². The van der Waals surface area contributed by atoms with E-state index in [4.69, 9.17) is 5.53 Å². The second-order valence-corrected chi connectivity index (χ2v) is 14.2. The summed E-state index contributed by atoms with van der Waals surface area (Å²) in [6, 6.07) is 5.31. The molecule has 3 amide bonds. The molecule has 1 aromatic carbocycles. The number of benzene rings is 1. The highest BCUT2D eigenvalue weighted by Crippen LogP contribution is 2.29. The van der Waals surface area contributed by atoms with Crippen LogP contribution in [0.25, 0.3) is 20.9 Å². The van der Waals surface area contributed by atoms with Gasteiger partial charge in [0.1, 0.15) is 29.4 Å². The molecule has 1 aromatic heterocycles. The summed E-state index contributed by atoms with van der Waals surface area (Å²) in [7, 11) is 0. The lowest BCUT2D eigenvalue weighted by molar-refractivity contribution is -0.144. The van der Waals surface area contributed by atoms with Crippen LogP contribution in [-0.4, -0.2) is 81.3 Å². The number of aliphatic hydroxyl groups excluding tert-OH is 1. The largest absolute Gasteiger partial charge is 0.391 e. The summed E-state index contributed by atoms with van der Waals surface area (Å²) in [4.78, 5) is 85.9. The van der Waals surface area contributed by atoms with E-state index < -0.39 is 53.5 Å². The van der Waals surface area contributed by atoms with Gasteiger partial charge in [0.05, 0.1) is 34.6 Å². The molecule has 1 saturated heterocycles. The van der Waals surface area contributed by atoms with E-state index >= 15 is 0 Å². The number of ketones is 3. The van der Waals surface area contributed by atoms with Crippen molar-refractivity contribution in [1.82, 2.24) is 20.5 Å². The lowest BCUT2D eigenvalue weighted by Crippen LogP contribution is -2.58. The highest BCUT2D eigenvalue weighted by atomic mass is 32.1. The van der Waals surface area contributed by atoms with Crippen LogP contribution in [0.5, 0.6) is 0 Å². The molecule has 4 atom stereocenters. The van der Waals surface area contributed by atoms with E-state index in [9.17, 15) is 33.9 Å². The number of likely N-dealkylation sites (tertiary alicyclic amines) is 1. The number of hydrogen-bond acceptors (Lipinski definition) is 10. The second kappa shape index (κ2) is 17.8. The number of rotatable bonds is 17. The first-order valence-electron chi connectivity index (χ1n) is 16.2. The molecule has 0 bridgehead atoms. The first kappa shape index (κ1) is 39.0. The lowest BCUT2D eigenvalue weighted by atomic mass is 9.85. The number of azide groups is 1. The summed E-state index contributed by atoms with van der Waals surface area (Å²) >= 11 is 1.55. The number of nitrogens with zero attached hydrogens (tertiary/aromatic N) is 5. The number of hydrogen-bond donors (Lipinski definition) is 3. The van der Waals surface area contributed by atoms with E-state index in [1.54, 1.807) is 37.6 Å². The summed E-state index contributed by atoms with van der Waals surface area (Å²) in [6.45, 7) is 8.93. The van der Waals surface area contributed by atoms with Gasteiger partial charge in [0.25, 0.3) is 0 Å². The fraction of sp³-hybridized carbons (Fsp3) is 0.559. The van der Waals surface area contributed by atoms with Crippen LogP contribution in [0.15, 0.2) is 34.9 Å². The Bertz CT molecular complexity index is 1580. The maximum atomic E-state index is 13.9. The van der Waals surface area contributed by atoms with Gasteiger partial charge in [-0.15, -0.1) is 11.3 Å². The third kappa shape index (κ3) is 11.6. The lowest BCUT2D eigenvalue weighted by Gasteiger charge is -2.35. The van der Waals surface area contributed by atoms with Gasteiger partial charge in [-0.3, -0.25) is 28.8 Å². The molecule has 1 aliphatic heterocycles. The fourth-order valence-electron chi connectivity index (χ4n) is 5.52. The second-order valence-electron chi connectivity index (χ2n) is 13.4. The highest BCUT2D eigenvalue weighted by Gasteiger charge is 2.44. The van der Waals surface area contributed by atoms with Crippen LogP contribution in [-0.2, 0) is 28.8 Å². The predicted octanol–water partition coefficient (Wildman–Crippen LogP) is 4.15. The Balaban J connectivity index is 1.57. The van der Waals surface area contributed by atoms with E-state index in [0.717, 1.165) is 21.7 Å². The van der Waals surface area contributed by atoms with Crippen LogP contribution < -0.4 is 10.6 Å². The van der Waals surface area contributed by atoms with Gasteiger partial charge in [0.15, 0.2) is 0 Å². The zero-order valence-electron chi connectivity index (χ0n) is 28.6. The number of Topliss-reactive ketones (excluding diaryl/α,β-unsaturated/α-hetero) is 3. The molecule has 1 fully saturated rings. The predicted molar refractivity (Wildman–Crippen MR) is 183 cm³/mol. The molecule has 0 spiro atoms. The molecule has 1 aliphatic rings. The Hall–Kier alpha value is -4.46. The van der Waals surface area contributed by atoms with Crippen molar-refractivity contribution < 1.29 is 33.9 Å². The SMILES string of the molecule is Cc1ncsc1-c1ccc([C@H](C)NC(=O)[C@@H]2C[C@@H](O)CN2C(=O)[C@@H](NC(=O)CC(=O)CCC(=O)CCC(=O)CCN=[N+]=[N-])C(C)(C)C)cc1. The molecule has 15 heteroatoms. The number of aliphatic hydroxyl groups is 1. The number of thiazole rings is 1. The number of β-amino-alcohol motifs (C(OH)–C–C–N with tert-alkyl or cyclic N) is 1. The molecule has 264 valence electrons. The normalized spacial score (nSPS) is 17.1. The average Bonchev–Trinajstić information content (AvgIpc) is 3.66. The molecular formula is C34H45N7O7S. The quantitative estimate of drug-likeness (QED) is 0.0945. The summed E-state index contributed by atoms with van der Waals surface area (Å²) in [5.74, 6) is -2.72. The first-order chi connectivity index (χ1) is 23.1. The van der Waals surface area contributed by atoms with Crippen LogP contribution in [0.1, 0.15) is 89.9 Å². The maximum Gasteiger partial charge on any atom is 0.246 e. The average molecular weight is 696 g/mol. The topological polar surface area (TPSA) is 212 Å².